The van der Waals surface area contributed by atoms with Crippen molar-refractivity contribution in [2.24, 2.45) is 0 Å². The fraction of sp³-hybridized carbons (Fsp3) is 0.212. The summed E-state index contributed by atoms with van der Waals surface area (Å²) in [7, 11) is 0. The van der Waals surface area contributed by atoms with E-state index in [1.165, 1.54) is 40.2 Å². The van der Waals surface area contributed by atoms with E-state index in [-0.39, 0.29) is 92.0 Å². The van der Waals surface area contributed by atoms with E-state index in [4.69, 9.17) is 4.74 Å². The lowest BCUT2D eigenvalue weighted by Gasteiger charge is -2.17. The van der Waals surface area contributed by atoms with Crippen molar-refractivity contribution in [3.8, 4) is 44.8 Å². The maximum absolute atomic E-state index is 15.4. The number of ether oxygens (including phenoxy) is 1. The number of nitrogens with zero attached hydrogens (tertiary/aromatic N) is 9. The largest absolute Gasteiger partial charge is 0.464 e. The zero-order chi connectivity index (χ0) is 50.2. The lowest BCUT2D eigenvalue weighted by Crippen LogP contribution is -2.33. The SMILES string of the molecule is O=C(NCC1c2ccccc2-c2cncn21)Nc1ccc(-c2cnn(CC(=O)OCCc3cccc4c3-c3cncn3C4CNC(=O)Nc3ccc(-c4cnn(CCN5C(=O)CCC5=O)c4)c(F)c3)c2)c(F)c1. The van der Waals surface area contributed by atoms with Crippen LogP contribution in [-0.2, 0) is 38.6 Å². The van der Waals surface area contributed by atoms with E-state index < -0.39 is 29.7 Å². The summed E-state index contributed by atoms with van der Waals surface area (Å²) in [6.45, 7) is 0.818. The number of carbonyl (C=O) groups excluding carboxylic acids is 5. The zero-order valence-electron chi connectivity index (χ0n) is 38.9. The second kappa shape index (κ2) is 19.5. The Bertz CT molecular complexity index is 3450. The molecule has 8 aromatic rings. The first-order chi connectivity index (χ1) is 35.5. The number of imide groups is 1. The van der Waals surface area contributed by atoms with Gasteiger partial charge in [-0.3, -0.25) is 28.6 Å². The third-order valence-corrected chi connectivity index (χ3v) is 13.3. The molecular weight excluding hydrogens is 941 g/mol. The Morgan fingerprint density at radius 1 is 0.644 bits per heavy atom. The van der Waals surface area contributed by atoms with Crippen LogP contribution in [0.4, 0.5) is 29.7 Å². The normalized spacial score (nSPS) is 15.2. The minimum absolute atomic E-state index is 0.0683. The average Bonchev–Trinajstić information content (AvgIpc) is 4.26. The molecule has 368 valence electrons. The van der Waals surface area contributed by atoms with E-state index >= 15 is 8.78 Å². The smallest absolute Gasteiger partial charge is 0.327 e. The second-order valence-corrected chi connectivity index (χ2v) is 17.8. The van der Waals surface area contributed by atoms with Crippen LogP contribution in [0.3, 0.4) is 0 Å². The van der Waals surface area contributed by atoms with Gasteiger partial charge in [-0.1, -0.05) is 42.5 Å². The Hall–Kier alpha value is -9.27. The number of anilines is 2. The van der Waals surface area contributed by atoms with Crippen LogP contribution in [0.2, 0.25) is 0 Å². The maximum Gasteiger partial charge on any atom is 0.327 e. The van der Waals surface area contributed by atoms with E-state index in [2.05, 4.69) is 41.4 Å². The highest BCUT2D eigenvalue weighted by Gasteiger charge is 2.32. The molecule has 4 aromatic heterocycles. The van der Waals surface area contributed by atoms with Gasteiger partial charge in [0.25, 0.3) is 0 Å². The number of rotatable bonds is 16. The minimum atomic E-state index is -0.584. The van der Waals surface area contributed by atoms with Crippen LogP contribution >= 0.6 is 0 Å². The molecule has 0 spiro atoms. The molecule has 1 saturated heterocycles. The molecule has 0 radical (unpaired) electrons. The second-order valence-electron chi connectivity index (χ2n) is 17.8. The number of nitrogens with one attached hydrogen (secondary N) is 4. The molecule has 21 heteroatoms. The summed E-state index contributed by atoms with van der Waals surface area (Å²) in [5.74, 6) is -2.12. The number of benzene rings is 4. The van der Waals surface area contributed by atoms with Gasteiger partial charge in [-0.05, 0) is 53.1 Å². The first-order valence-electron chi connectivity index (χ1n) is 23.5. The number of fused-ring (bicyclic) bond motifs is 6. The summed E-state index contributed by atoms with van der Waals surface area (Å²) < 4.78 is 43.3. The van der Waals surface area contributed by atoms with E-state index in [0.717, 1.165) is 39.2 Å². The first-order valence-corrected chi connectivity index (χ1v) is 23.5. The highest BCUT2D eigenvalue weighted by molar-refractivity contribution is 6.02. The number of halogens is 2. The summed E-state index contributed by atoms with van der Waals surface area (Å²) in [5.41, 5.74) is 8.70. The maximum atomic E-state index is 15.4. The van der Waals surface area contributed by atoms with Crippen LogP contribution in [-0.4, -0.2) is 99.7 Å². The fourth-order valence-corrected chi connectivity index (χ4v) is 9.79. The summed E-state index contributed by atoms with van der Waals surface area (Å²) in [6, 6.07) is 21.0. The molecule has 0 aliphatic carbocycles. The van der Waals surface area contributed by atoms with Crippen LogP contribution in [0.25, 0.3) is 44.8 Å². The summed E-state index contributed by atoms with van der Waals surface area (Å²) in [5, 5.41) is 19.7. The molecule has 6 amide bonds. The van der Waals surface area contributed by atoms with Gasteiger partial charge >= 0.3 is 18.0 Å². The Balaban J connectivity index is 0.647. The first kappa shape index (κ1) is 46.1. The molecule has 0 bridgehead atoms. The molecule has 2 atom stereocenters. The molecular formula is C52H45F2N13O6. The molecule has 11 rings (SSSR count). The van der Waals surface area contributed by atoms with Gasteiger partial charge in [-0.15, -0.1) is 0 Å². The van der Waals surface area contributed by atoms with Crippen LogP contribution in [0.15, 0.2) is 129 Å². The van der Waals surface area contributed by atoms with Gasteiger partial charge in [-0.25, -0.2) is 28.3 Å². The number of imidazole rings is 2. The molecule has 7 heterocycles. The highest BCUT2D eigenvalue weighted by atomic mass is 19.1. The van der Waals surface area contributed by atoms with Gasteiger partial charge < -0.3 is 35.1 Å². The molecule has 3 aliphatic rings. The number of likely N-dealkylation sites (tertiary alicyclic amines) is 1. The van der Waals surface area contributed by atoms with Crippen molar-refractivity contribution in [2.75, 3.05) is 36.9 Å². The van der Waals surface area contributed by atoms with Gasteiger partial charge in [0, 0.05) is 96.0 Å². The topological polar surface area (TPSA) is 217 Å². The van der Waals surface area contributed by atoms with E-state index in [9.17, 15) is 24.0 Å². The molecule has 73 heavy (non-hydrogen) atoms. The average molecular weight is 986 g/mol. The number of aromatic nitrogens is 8. The summed E-state index contributed by atoms with van der Waals surface area (Å²) in [6.07, 6.45) is 13.9. The summed E-state index contributed by atoms with van der Waals surface area (Å²) in [4.78, 5) is 72.7. The number of hydrogen-bond acceptors (Lipinski definition) is 10. The van der Waals surface area contributed by atoms with Crippen molar-refractivity contribution in [1.82, 2.24) is 54.2 Å². The van der Waals surface area contributed by atoms with E-state index in [0.29, 0.717) is 24.1 Å². The van der Waals surface area contributed by atoms with Crippen LogP contribution in [0.1, 0.15) is 41.6 Å². The Morgan fingerprint density at radius 3 is 1.90 bits per heavy atom. The third-order valence-electron chi connectivity index (χ3n) is 13.3. The zero-order valence-corrected chi connectivity index (χ0v) is 38.9. The van der Waals surface area contributed by atoms with Crippen LogP contribution in [0.5, 0.6) is 0 Å². The molecule has 1 fully saturated rings. The molecule has 4 aromatic carbocycles. The molecule has 4 N–H and O–H groups in total. The number of urea groups is 2. The number of hydrogen-bond donors (Lipinski definition) is 4. The van der Waals surface area contributed by atoms with Crippen molar-refractivity contribution < 1.29 is 37.5 Å². The van der Waals surface area contributed by atoms with E-state index in [1.807, 2.05) is 51.6 Å². The minimum Gasteiger partial charge on any atom is -0.464 e. The number of amides is 6. The van der Waals surface area contributed by atoms with Crippen molar-refractivity contribution in [3.05, 3.63) is 157 Å². The van der Waals surface area contributed by atoms with Crippen LogP contribution in [0, 0.1) is 11.6 Å². The van der Waals surface area contributed by atoms with Crippen molar-refractivity contribution in [1.29, 1.82) is 0 Å². The molecule has 19 nitrogen and oxygen atoms in total. The Labute approximate surface area is 414 Å². The van der Waals surface area contributed by atoms with Gasteiger partial charge in [0.1, 0.15) is 18.2 Å². The standard InChI is InChI=1S/C52H45F2N13O6/c53-41-18-34(8-10-36(41)32-20-59-63(26-32)15-16-65-47(68)12-13-48(65)69)62-52(72)58-25-45-40-7-3-4-31(50(40)46-23-56-30-67(45)46)14-17-73-49(70)28-64-27-33(21-60-64)37-11-9-35(19-42(37)54)61-51(71)57-24-44-39-6-2-1-5-38(39)43-22-55-29-66(43)44/h1-11,18-23,26-27,29-30,44-45H,12-17,24-25,28H2,(H2,57,61,71)(H2,58,62,72). The van der Waals surface area contributed by atoms with Crippen molar-refractivity contribution in [2.45, 2.75) is 44.4 Å². The van der Waals surface area contributed by atoms with Crippen molar-refractivity contribution in [3.63, 3.8) is 0 Å². The third kappa shape index (κ3) is 9.30. The van der Waals surface area contributed by atoms with Gasteiger partial charge in [0.2, 0.25) is 11.8 Å². The molecule has 2 unspecified atom stereocenters. The van der Waals surface area contributed by atoms with Gasteiger partial charge in [0.15, 0.2) is 0 Å². The highest BCUT2D eigenvalue weighted by Crippen LogP contribution is 2.42. The predicted molar refractivity (Wildman–Crippen MR) is 262 cm³/mol. The Kier molecular flexibility index (Phi) is 12.3. The molecule has 3 aliphatic heterocycles. The van der Waals surface area contributed by atoms with Crippen LogP contribution < -0.4 is 21.3 Å². The fourth-order valence-electron chi connectivity index (χ4n) is 9.79. The van der Waals surface area contributed by atoms with Crippen molar-refractivity contribution >= 4 is 41.2 Å². The Morgan fingerprint density at radius 2 is 1.23 bits per heavy atom. The van der Waals surface area contributed by atoms with Gasteiger partial charge in [0.05, 0.1) is 74.1 Å². The molecule has 0 saturated carbocycles. The summed E-state index contributed by atoms with van der Waals surface area (Å²) >= 11 is 0. The lowest BCUT2D eigenvalue weighted by molar-refractivity contribution is -0.144. The predicted octanol–water partition coefficient (Wildman–Crippen LogP) is 6.80. The van der Waals surface area contributed by atoms with Gasteiger partial charge in [-0.2, -0.15) is 10.2 Å². The lowest BCUT2D eigenvalue weighted by atomic mass is 9.96. The quantitative estimate of drug-likeness (QED) is 0.0586. The number of carbonyl (C=O) groups is 5. The monoisotopic (exact) mass is 985 g/mol. The number of esters is 1. The van der Waals surface area contributed by atoms with E-state index in [1.54, 1.807) is 60.3 Å².